The first-order valence-corrected chi connectivity index (χ1v) is 5.99. The third-order valence-electron chi connectivity index (χ3n) is 1.61. The second-order valence-corrected chi connectivity index (χ2v) is 5.20. The molecule has 1 N–H and O–H groups in total. The van der Waals surface area contributed by atoms with E-state index >= 15 is 0 Å². The van der Waals surface area contributed by atoms with E-state index in [2.05, 4.69) is 38.5 Å². The molecule has 1 aromatic heterocycles. The van der Waals surface area contributed by atoms with Crippen molar-refractivity contribution in [3.05, 3.63) is 25.6 Å². The third kappa shape index (κ3) is 1.25. The normalized spacial score (nSPS) is 10.8. The summed E-state index contributed by atoms with van der Waals surface area (Å²) in [6.45, 7) is 0. The predicted molar refractivity (Wildman–Crippen MR) is 63.9 cm³/mol. The van der Waals surface area contributed by atoms with Crippen molar-refractivity contribution in [3.63, 3.8) is 0 Å². The molecule has 62 valence electrons. The monoisotopic (exact) mass is 354 g/mol. The van der Waals surface area contributed by atoms with Gasteiger partial charge in [0.2, 0.25) is 0 Å². The van der Waals surface area contributed by atoms with Gasteiger partial charge in [-0.05, 0) is 56.0 Å². The highest BCUT2D eigenvalue weighted by Gasteiger charge is 2.08. The SMILES string of the molecule is Oc1cc(Br)c(I)c2ccsc12. The zero-order chi connectivity index (χ0) is 8.72. The van der Waals surface area contributed by atoms with Gasteiger partial charge in [0.15, 0.2) is 0 Å². The summed E-state index contributed by atoms with van der Waals surface area (Å²) in [6.07, 6.45) is 0. The highest BCUT2D eigenvalue weighted by Crippen LogP contribution is 2.37. The molecule has 0 unspecified atom stereocenters. The zero-order valence-electron chi connectivity index (χ0n) is 5.84. The number of hydrogen-bond donors (Lipinski definition) is 1. The fourth-order valence-corrected chi connectivity index (χ4v) is 3.09. The molecule has 12 heavy (non-hydrogen) atoms. The second kappa shape index (κ2) is 3.16. The van der Waals surface area contributed by atoms with Crippen molar-refractivity contribution < 1.29 is 5.11 Å². The maximum atomic E-state index is 9.54. The van der Waals surface area contributed by atoms with E-state index in [1.165, 1.54) is 0 Å². The second-order valence-electron chi connectivity index (χ2n) is 2.35. The number of hydrogen-bond acceptors (Lipinski definition) is 2. The first-order valence-electron chi connectivity index (χ1n) is 3.24. The molecule has 0 aliphatic rings. The molecule has 0 radical (unpaired) electrons. The maximum absolute atomic E-state index is 9.54. The van der Waals surface area contributed by atoms with E-state index in [1.54, 1.807) is 17.4 Å². The van der Waals surface area contributed by atoms with Crippen LogP contribution in [0.1, 0.15) is 0 Å². The third-order valence-corrected chi connectivity index (χ3v) is 5.07. The van der Waals surface area contributed by atoms with Crippen LogP contribution < -0.4 is 0 Å². The average molecular weight is 355 g/mol. The predicted octanol–water partition coefficient (Wildman–Crippen LogP) is 3.97. The summed E-state index contributed by atoms with van der Waals surface area (Å²) in [5.74, 6) is 0.354. The maximum Gasteiger partial charge on any atom is 0.134 e. The molecule has 0 bridgehead atoms. The van der Waals surface area contributed by atoms with Crippen molar-refractivity contribution in [2.24, 2.45) is 0 Å². The van der Waals surface area contributed by atoms with Gasteiger partial charge in [0.1, 0.15) is 5.75 Å². The number of phenols is 1. The van der Waals surface area contributed by atoms with Crippen LogP contribution in [0.25, 0.3) is 10.1 Å². The van der Waals surface area contributed by atoms with Crippen LogP contribution in [0.4, 0.5) is 0 Å². The van der Waals surface area contributed by atoms with Gasteiger partial charge in [-0.1, -0.05) is 0 Å². The van der Waals surface area contributed by atoms with Gasteiger partial charge in [-0.25, -0.2) is 0 Å². The molecule has 0 aliphatic carbocycles. The van der Waals surface area contributed by atoms with Gasteiger partial charge in [0.25, 0.3) is 0 Å². The molecule has 0 fully saturated rings. The van der Waals surface area contributed by atoms with Crippen LogP contribution in [0.5, 0.6) is 5.75 Å². The van der Waals surface area contributed by atoms with Gasteiger partial charge in [-0.3, -0.25) is 0 Å². The topological polar surface area (TPSA) is 20.2 Å². The molecule has 1 heterocycles. The highest BCUT2D eigenvalue weighted by molar-refractivity contribution is 14.1. The van der Waals surface area contributed by atoms with Crippen molar-refractivity contribution in [1.82, 2.24) is 0 Å². The van der Waals surface area contributed by atoms with Gasteiger partial charge in [-0.15, -0.1) is 11.3 Å². The lowest BCUT2D eigenvalue weighted by atomic mass is 10.2. The molecule has 2 rings (SSSR count). The summed E-state index contributed by atoms with van der Waals surface area (Å²) in [6, 6.07) is 3.76. The summed E-state index contributed by atoms with van der Waals surface area (Å²) in [4.78, 5) is 0. The lowest BCUT2D eigenvalue weighted by molar-refractivity contribution is 0.482. The fourth-order valence-electron chi connectivity index (χ4n) is 1.06. The Kier molecular flexibility index (Phi) is 2.31. The van der Waals surface area contributed by atoms with Crippen molar-refractivity contribution in [2.45, 2.75) is 0 Å². The molecule has 4 heteroatoms. The average Bonchev–Trinajstić information content (AvgIpc) is 2.48. The van der Waals surface area contributed by atoms with Crippen molar-refractivity contribution in [3.8, 4) is 5.75 Å². The first kappa shape index (κ1) is 8.77. The van der Waals surface area contributed by atoms with E-state index in [4.69, 9.17) is 0 Å². The van der Waals surface area contributed by atoms with Gasteiger partial charge in [0.05, 0.1) is 4.70 Å². The first-order chi connectivity index (χ1) is 5.70. The Morgan fingerprint density at radius 2 is 2.25 bits per heavy atom. The van der Waals surface area contributed by atoms with E-state index in [-0.39, 0.29) is 0 Å². The van der Waals surface area contributed by atoms with Crippen LogP contribution in [0, 0.1) is 3.57 Å². The van der Waals surface area contributed by atoms with Crippen molar-refractivity contribution in [2.75, 3.05) is 0 Å². The number of rotatable bonds is 0. The molecule has 0 spiro atoms. The van der Waals surface area contributed by atoms with Crippen LogP contribution in [0.2, 0.25) is 0 Å². The lowest BCUT2D eigenvalue weighted by Crippen LogP contribution is -1.75. The van der Waals surface area contributed by atoms with E-state index in [1.807, 2.05) is 11.4 Å². The molecule has 0 aliphatic heterocycles. The Morgan fingerprint density at radius 1 is 1.50 bits per heavy atom. The van der Waals surface area contributed by atoms with E-state index in [9.17, 15) is 5.11 Å². The summed E-state index contributed by atoms with van der Waals surface area (Å²) in [5, 5.41) is 12.6. The summed E-state index contributed by atoms with van der Waals surface area (Å²) in [7, 11) is 0. The standard InChI is InChI=1S/C8H4BrIOS/c9-5-3-6(11)8-4(7(5)10)1-2-12-8/h1-3,11H. The van der Waals surface area contributed by atoms with E-state index < -0.39 is 0 Å². The fraction of sp³-hybridized carbons (Fsp3) is 0. The van der Waals surface area contributed by atoms with Gasteiger partial charge >= 0.3 is 0 Å². The van der Waals surface area contributed by atoms with Crippen LogP contribution >= 0.6 is 49.9 Å². The van der Waals surface area contributed by atoms with Gasteiger partial charge in [0, 0.05) is 13.4 Å². The summed E-state index contributed by atoms with van der Waals surface area (Å²) < 4.78 is 3.07. The highest BCUT2D eigenvalue weighted by atomic mass is 127. The van der Waals surface area contributed by atoms with Crippen LogP contribution in [0.15, 0.2) is 22.0 Å². The minimum absolute atomic E-state index is 0.354. The van der Waals surface area contributed by atoms with Crippen molar-refractivity contribution >= 4 is 59.9 Å². The Bertz CT molecular complexity index is 438. The van der Waals surface area contributed by atoms with E-state index in [0.29, 0.717) is 5.75 Å². The Labute approximate surface area is 95.7 Å². The van der Waals surface area contributed by atoms with E-state index in [0.717, 1.165) is 18.1 Å². The molecule has 2 aromatic rings. The molecule has 0 amide bonds. The molecule has 0 atom stereocenters. The number of aromatic hydroxyl groups is 1. The molecule has 0 saturated carbocycles. The number of thiophene rings is 1. The Balaban J connectivity index is 2.97. The minimum atomic E-state index is 0.354. The number of benzene rings is 1. The smallest absolute Gasteiger partial charge is 0.134 e. The molecule has 0 saturated heterocycles. The summed E-state index contributed by atoms with van der Waals surface area (Å²) >= 11 is 7.21. The summed E-state index contributed by atoms with van der Waals surface area (Å²) in [5.41, 5.74) is 0. The molecule has 1 aromatic carbocycles. The van der Waals surface area contributed by atoms with Crippen LogP contribution in [-0.4, -0.2) is 5.11 Å². The van der Waals surface area contributed by atoms with Gasteiger partial charge < -0.3 is 5.11 Å². The zero-order valence-corrected chi connectivity index (χ0v) is 10.4. The van der Waals surface area contributed by atoms with Crippen molar-refractivity contribution in [1.29, 1.82) is 0 Å². The molecular formula is C8H4BrIOS. The Morgan fingerprint density at radius 3 is 3.00 bits per heavy atom. The minimum Gasteiger partial charge on any atom is -0.506 e. The molecular weight excluding hydrogens is 351 g/mol. The van der Waals surface area contributed by atoms with Crippen LogP contribution in [0.3, 0.4) is 0 Å². The number of fused-ring (bicyclic) bond motifs is 1. The molecule has 1 nitrogen and oxygen atoms in total. The number of phenolic OH excluding ortho intramolecular Hbond substituents is 1. The lowest BCUT2D eigenvalue weighted by Gasteiger charge is -2.00. The van der Waals surface area contributed by atoms with Crippen LogP contribution in [-0.2, 0) is 0 Å². The van der Waals surface area contributed by atoms with Gasteiger partial charge in [-0.2, -0.15) is 0 Å². The largest absolute Gasteiger partial charge is 0.506 e. The number of halogens is 2. The quantitative estimate of drug-likeness (QED) is 0.709. The Hall–Kier alpha value is 0.190.